The number of anilines is 1. The third kappa shape index (κ3) is 6.39. The van der Waals surface area contributed by atoms with Crippen LogP contribution in [0.25, 0.3) is 33.4 Å². The number of benzene rings is 3. The van der Waals surface area contributed by atoms with Gasteiger partial charge in [-0.3, -0.25) is 19.3 Å². The van der Waals surface area contributed by atoms with E-state index in [1.807, 2.05) is 87.9 Å². The molecule has 5 rings (SSSR count). The summed E-state index contributed by atoms with van der Waals surface area (Å²) in [7, 11) is 7.73. The average molecular weight is 598 g/mol. The highest BCUT2D eigenvalue weighted by Crippen LogP contribution is 2.42. The van der Waals surface area contributed by atoms with E-state index in [1.165, 1.54) is 18.2 Å². The van der Waals surface area contributed by atoms with E-state index < -0.39 is 11.9 Å². The predicted octanol–water partition coefficient (Wildman–Crippen LogP) is 4.07. The van der Waals surface area contributed by atoms with Gasteiger partial charge in [-0.1, -0.05) is 19.9 Å². The smallest absolute Gasteiger partial charge is 0.336 e. The second-order valence-corrected chi connectivity index (χ2v) is 10.5. The molecule has 2 N–H and O–H groups in total. The van der Waals surface area contributed by atoms with E-state index >= 15 is 0 Å². The number of nitrogens with zero attached hydrogens (tertiary/aromatic N) is 3. The highest BCUT2D eigenvalue weighted by atomic mass is 16.4. The Morgan fingerprint density at radius 3 is 2.25 bits per heavy atom. The Bertz CT molecular complexity index is 1810. The Labute approximate surface area is 255 Å². The molecular formula is C34H37N4O6+. The summed E-state index contributed by atoms with van der Waals surface area (Å²) in [4.78, 5) is 52.0. The molecule has 0 saturated heterocycles. The van der Waals surface area contributed by atoms with E-state index in [1.54, 1.807) is 12.1 Å². The average Bonchev–Trinajstić information content (AvgIpc) is 3.34. The molecule has 44 heavy (non-hydrogen) atoms. The monoisotopic (exact) mass is 597 g/mol. The Morgan fingerprint density at radius 2 is 1.61 bits per heavy atom. The summed E-state index contributed by atoms with van der Waals surface area (Å²) in [5, 5.41) is 14.7. The second kappa shape index (κ2) is 13.4. The Morgan fingerprint density at radius 1 is 0.932 bits per heavy atom. The van der Waals surface area contributed by atoms with Crippen LogP contribution in [0.1, 0.15) is 41.0 Å². The van der Waals surface area contributed by atoms with Crippen LogP contribution in [0.15, 0.2) is 71.2 Å². The number of carbonyl (C=O) groups excluding carboxylic acids is 3. The van der Waals surface area contributed by atoms with Gasteiger partial charge in [0.05, 0.1) is 11.6 Å². The molecule has 0 spiro atoms. The fourth-order valence-corrected chi connectivity index (χ4v) is 4.99. The van der Waals surface area contributed by atoms with Crippen molar-refractivity contribution in [3.63, 3.8) is 0 Å². The van der Waals surface area contributed by atoms with Gasteiger partial charge in [0.15, 0.2) is 0 Å². The maximum Gasteiger partial charge on any atom is 0.336 e. The van der Waals surface area contributed by atoms with Crippen LogP contribution in [0, 0.1) is 0 Å². The van der Waals surface area contributed by atoms with E-state index in [4.69, 9.17) is 4.42 Å². The molecule has 10 nitrogen and oxygen atoms in total. The zero-order chi connectivity index (χ0) is 32.1. The molecule has 2 heterocycles. The summed E-state index contributed by atoms with van der Waals surface area (Å²) < 4.78 is 8.30. The topological polar surface area (TPSA) is 123 Å². The summed E-state index contributed by atoms with van der Waals surface area (Å²) >= 11 is 0. The van der Waals surface area contributed by atoms with Gasteiger partial charge in [0.1, 0.15) is 25.4 Å². The Kier molecular flexibility index (Phi) is 9.63. The van der Waals surface area contributed by atoms with Gasteiger partial charge in [0.2, 0.25) is 5.36 Å². The molecule has 228 valence electrons. The highest BCUT2D eigenvalue weighted by molar-refractivity contribution is 6.13. The van der Waals surface area contributed by atoms with Crippen LogP contribution in [0.5, 0.6) is 0 Å². The summed E-state index contributed by atoms with van der Waals surface area (Å²) in [6.45, 7) is 4.38. The molecular weight excluding hydrogens is 560 g/mol. The zero-order valence-corrected chi connectivity index (χ0v) is 25.8. The van der Waals surface area contributed by atoms with Gasteiger partial charge in [-0.25, -0.2) is 9.37 Å². The largest absolute Gasteiger partial charge is 0.478 e. The number of nitrogens with one attached hydrogen (secondary N) is 1. The summed E-state index contributed by atoms with van der Waals surface area (Å²) in [6.07, 6.45) is 2.79. The number of carbonyl (C=O) groups is 4. The molecule has 0 atom stereocenters. The number of carboxylic acid groups (broad SMARTS) is 1. The maximum atomic E-state index is 12.9. The predicted molar refractivity (Wildman–Crippen MR) is 171 cm³/mol. The highest BCUT2D eigenvalue weighted by Gasteiger charge is 2.24. The lowest BCUT2D eigenvalue weighted by Crippen LogP contribution is -2.33. The number of amides is 3. The van der Waals surface area contributed by atoms with Crippen LogP contribution in [-0.2, 0) is 9.59 Å². The Hall–Kier alpha value is -5.25. The van der Waals surface area contributed by atoms with Gasteiger partial charge in [-0.05, 0) is 42.3 Å². The van der Waals surface area contributed by atoms with Crippen molar-refractivity contribution in [1.29, 1.82) is 0 Å². The minimum absolute atomic E-state index is 0.0239. The Balaban J connectivity index is 0.00000216. The minimum atomic E-state index is -1.17. The van der Waals surface area contributed by atoms with Gasteiger partial charge in [0, 0.05) is 79.2 Å². The van der Waals surface area contributed by atoms with Crippen LogP contribution in [-0.4, -0.2) is 75.0 Å². The molecule has 0 aromatic heterocycles. The fraction of sp³-hybridized carbons (Fsp3) is 0.265. The van der Waals surface area contributed by atoms with Crippen molar-refractivity contribution >= 4 is 40.3 Å². The first kappa shape index (κ1) is 31.7. The van der Waals surface area contributed by atoms with Crippen molar-refractivity contribution in [2.24, 2.45) is 0 Å². The number of hydrogen-bond donors (Lipinski definition) is 2. The summed E-state index contributed by atoms with van der Waals surface area (Å²) in [6, 6.07) is 16.2. The maximum absolute atomic E-state index is 12.9. The molecule has 0 bridgehead atoms. The minimum Gasteiger partial charge on any atom is -0.478 e. The number of hydrogen-bond acceptors (Lipinski definition) is 6. The molecule has 2 aliphatic heterocycles. The van der Waals surface area contributed by atoms with Crippen molar-refractivity contribution in [2.45, 2.75) is 20.3 Å². The first-order chi connectivity index (χ1) is 21.0. The molecule has 1 aliphatic carbocycles. The lowest BCUT2D eigenvalue weighted by Gasteiger charge is -2.19. The molecule has 0 saturated carbocycles. The first-order valence-corrected chi connectivity index (χ1v) is 14.4. The molecule has 0 radical (unpaired) electrons. The van der Waals surface area contributed by atoms with Crippen molar-refractivity contribution in [2.75, 3.05) is 46.2 Å². The summed E-state index contributed by atoms with van der Waals surface area (Å²) in [5.74, 6) is -1.78. The van der Waals surface area contributed by atoms with Crippen LogP contribution in [0.2, 0.25) is 0 Å². The standard InChI is InChI=1S/C32H30N4O6.C2H6/c1-34(2)20-7-10-23-26(17-20)42-27-18-21(35(3)4)8-11-24(27)30(23)22-9-6-19(16-25(22)32(40)41)31(39)33-14-5-15-36-28(37)12-13-29(36)38;1-2/h6-13,16-18H,5,14-15H2,1-4H3,(H-,33,39,40,41);1-2H3/p+1. The van der Waals surface area contributed by atoms with Gasteiger partial charge in [-0.2, -0.15) is 0 Å². The number of fused-ring (bicyclic) bond motifs is 2. The van der Waals surface area contributed by atoms with Gasteiger partial charge in [0.25, 0.3) is 17.7 Å². The van der Waals surface area contributed by atoms with Crippen molar-refractivity contribution in [3.05, 3.63) is 83.2 Å². The summed E-state index contributed by atoms with van der Waals surface area (Å²) in [5.41, 5.74) is 3.59. The number of imide groups is 1. The fourth-order valence-electron chi connectivity index (χ4n) is 4.99. The third-order valence-electron chi connectivity index (χ3n) is 7.25. The molecule has 0 unspecified atom stereocenters. The molecule has 2 aromatic carbocycles. The molecule has 3 amide bonds. The van der Waals surface area contributed by atoms with E-state index in [-0.39, 0.29) is 36.0 Å². The molecule has 2 aromatic rings. The van der Waals surface area contributed by atoms with Crippen LogP contribution >= 0.6 is 0 Å². The van der Waals surface area contributed by atoms with E-state index in [0.717, 1.165) is 26.9 Å². The van der Waals surface area contributed by atoms with Crippen LogP contribution in [0.4, 0.5) is 5.69 Å². The second-order valence-electron chi connectivity index (χ2n) is 10.5. The van der Waals surface area contributed by atoms with Gasteiger partial charge in [-0.15, -0.1) is 0 Å². The normalized spacial score (nSPS) is 12.4. The van der Waals surface area contributed by atoms with E-state index in [0.29, 0.717) is 28.9 Å². The van der Waals surface area contributed by atoms with E-state index in [9.17, 15) is 24.3 Å². The van der Waals surface area contributed by atoms with Crippen LogP contribution in [0.3, 0.4) is 0 Å². The van der Waals surface area contributed by atoms with Crippen molar-refractivity contribution in [3.8, 4) is 22.5 Å². The number of rotatable bonds is 8. The van der Waals surface area contributed by atoms with Gasteiger partial charge >= 0.3 is 5.97 Å². The van der Waals surface area contributed by atoms with Gasteiger partial charge < -0.3 is 19.7 Å². The lowest BCUT2D eigenvalue weighted by molar-refractivity contribution is -0.136. The van der Waals surface area contributed by atoms with E-state index in [2.05, 4.69) is 5.32 Å². The van der Waals surface area contributed by atoms with Crippen molar-refractivity contribution < 1.29 is 28.7 Å². The molecule has 10 heteroatoms. The van der Waals surface area contributed by atoms with Crippen LogP contribution < -0.4 is 20.1 Å². The first-order valence-electron chi connectivity index (χ1n) is 14.4. The van der Waals surface area contributed by atoms with Crippen molar-refractivity contribution in [1.82, 2.24) is 14.8 Å². The number of carboxylic acids is 1. The SMILES string of the molecule is CC.CN(C)c1ccc2c(-c3ccc(C(=O)NCCCN4C(=O)C=CC4=O)cc3C(=O)O)c3ccc(=[N+](C)C)cc-3oc2c1. The molecule has 0 fully saturated rings. The number of aromatic carboxylic acids is 1. The third-order valence-corrected chi connectivity index (χ3v) is 7.25. The quantitative estimate of drug-likeness (QED) is 0.136. The molecule has 3 aliphatic rings. The zero-order valence-electron chi connectivity index (χ0n) is 25.8. The lowest BCUT2D eigenvalue weighted by atomic mass is 9.89.